The molecule has 24 heavy (non-hydrogen) atoms. The van der Waals surface area contributed by atoms with Crippen molar-refractivity contribution in [3.8, 4) is 0 Å². The summed E-state index contributed by atoms with van der Waals surface area (Å²) in [6.45, 7) is 6.04. The molecular weight excluding hydrogens is 326 g/mol. The van der Waals surface area contributed by atoms with Crippen molar-refractivity contribution in [2.75, 3.05) is 25.4 Å². The SMILES string of the molecule is CCCC(=O)NCC1CCCN(C(=O)c2cc(N)ccc2C)C1.Cl. The molecule has 1 aromatic carbocycles. The smallest absolute Gasteiger partial charge is 0.254 e. The second-order valence-corrected chi connectivity index (χ2v) is 6.39. The fourth-order valence-corrected chi connectivity index (χ4v) is 3.03. The van der Waals surface area contributed by atoms with Gasteiger partial charge in [0.25, 0.3) is 5.91 Å². The van der Waals surface area contributed by atoms with Crippen molar-refractivity contribution in [2.24, 2.45) is 5.92 Å². The zero-order chi connectivity index (χ0) is 16.8. The monoisotopic (exact) mass is 353 g/mol. The molecule has 1 aliphatic rings. The summed E-state index contributed by atoms with van der Waals surface area (Å²) in [5.41, 5.74) is 8.05. The number of piperidine rings is 1. The number of nitrogen functional groups attached to an aromatic ring is 1. The molecule has 1 heterocycles. The lowest BCUT2D eigenvalue weighted by Gasteiger charge is -2.33. The Morgan fingerprint density at radius 3 is 2.83 bits per heavy atom. The summed E-state index contributed by atoms with van der Waals surface area (Å²) in [6, 6.07) is 5.45. The predicted octanol–water partition coefficient (Wildman–Crippen LogP) is 2.77. The van der Waals surface area contributed by atoms with Gasteiger partial charge >= 0.3 is 0 Å². The minimum absolute atomic E-state index is 0. The molecule has 1 saturated heterocycles. The molecule has 1 aromatic rings. The quantitative estimate of drug-likeness (QED) is 0.799. The molecule has 0 aromatic heterocycles. The largest absolute Gasteiger partial charge is 0.399 e. The van der Waals surface area contributed by atoms with Gasteiger partial charge in [0.15, 0.2) is 0 Å². The van der Waals surface area contributed by atoms with Crippen LogP contribution < -0.4 is 11.1 Å². The lowest BCUT2D eigenvalue weighted by Crippen LogP contribution is -2.43. The number of rotatable bonds is 5. The van der Waals surface area contributed by atoms with Gasteiger partial charge in [0, 0.05) is 37.3 Å². The van der Waals surface area contributed by atoms with E-state index in [0.29, 0.717) is 36.7 Å². The number of hydrogen-bond acceptors (Lipinski definition) is 3. The van der Waals surface area contributed by atoms with Gasteiger partial charge in [-0.3, -0.25) is 9.59 Å². The third-order valence-corrected chi connectivity index (χ3v) is 4.36. The Hall–Kier alpha value is -1.75. The van der Waals surface area contributed by atoms with E-state index in [4.69, 9.17) is 5.73 Å². The van der Waals surface area contributed by atoms with Crippen molar-refractivity contribution in [2.45, 2.75) is 39.5 Å². The highest BCUT2D eigenvalue weighted by Gasteiger charge is 2.25. The van der Waals surface area contributed by atoms with Crippen molar-refractivity contribution < 1.29 is 9.59 Å². The maximum Gasteiger partial charge on any atom is 0.254 e. The first kappa shape index (κ1) is 20.3. The molecule has 1 unspecified atom stereocenters. The van der Waals surface area contributed by atoms with Crippen LogP contribution >= 0.6 is 12.4 Å². The highest BCUT2D eigenvalue weighted by atomic mass is 35.5. The average Bonchev–Trinajstić information content (AvgIpc) is 2.55. The third kappa shape index (κ3) is 5.41. The van der Waals surface area contributed by atoms with E-state index in [9.17, 15) is 9.59 Å². The van der Waals surface area contributed by atoms with Crippen LogP contribution in [0.5, 0.6) is 0 Å². The van der Waals surface area contributed by atoms with E-state index in [1.807, 2.05) is 30.9 Å². The van der Waals surface area contributed by atoms with E-state index >= 15 is 0 Å². The molecule has 0 aliphatic carbocycles. The molecule has 1 aliphatic heterocycles. The number of benzene rings is 1. The van der Waals surface area contributed by atoms with Gasteiger partial charge in [-0.15, -0.1) is 12.4 Å². The summed E-state index contributed by atoms with van der Waals surface area (Å²) >= 11 is 0. The van der Waals surface area contributed by atoms with Crippen LogP contribution in [0.2, 0.25) is 0 Å². The average molecular weight is 354 g/mol. The number of likely N-dealkylation sites (tertiary alicyclic amines) is 1. The molecule has 134 valence electrons. The highest BCUT2D eigenvalue weighted by Crippen LogP contribution is 2.21. The van der Waals surface area contributed by atoms with Gasteiger partial charge in [0.2, 0.25) is 5.91 Å². The number of nitrogens with two attached hydrogens (primary N) is 1. The Morgan fingerprint density at radius 1 is 1.38 bits per heavy atom. The van der Waals surface area contributed by atoms with Gasteiger partial charge in [-0.2, -0.15) is 0 Å². The van der Waals surface area contributed by atoms with Crippen LogP contribution in [0, 0.1) is 12.8 Å². The molecule has 6 heteroatoms. The van der Waals surface area contributed by atoms with Crippen LogP contribution in [-0.2, 0) is 4.79 Å². The summed E-state index contributed by atoms with van der Waals surface area (Å²) in [6.07, 6.45) is 3.45. The third-order valence-electron chi connectivity index (χ3n) is 4.36. The van der Waals surface area contributed by atoms with Crippen LogP contribution in [0.25, 0.3) is 0 Å². The standard InChI is InChI=1S/C18H27N3O2.ClH/c1-3-5-17(22)20-11-14-6-4-9-21(12-14)18(23)16-10-15(19)8-7-13(16)2;/h7-8,10,14H,3-6,9,11-12,19H2,1-2H3,(H,20,22);1H. The van der Waals surface area contributed by atoms with E-state index in [-0.39, 0.29) is 24.2 Å². The number of amides is 2. The zero-order valence-corrected chi connectivity index (χ0v) is 15.3. The molecular formula is C18H28ClN3O2. The molecule has 0 radical (unpaired) electrons. The normalized spacial score (nSPS) is 17.1. The second-order valence-electron chi connectivity index (χ2n) is 6.39. The highest BCUT2D eigenvalue weighted by molar-refractivity contribution is 5.96. The topological polar surface area (TPSA) is 75.4 Å². The lowest BCUT2D eigenvalue weighted by molar-refractivity contribution is -0.121. The minimum atomic E-state index is 0. The molecule has 1 atom stereocenters. The van der Waals surface area contributed by atoms with Gasteiger partial charge < -0.3 is 16.0 Å². The molecule has 3 N–H and O–H groups in total. The van der Waals surface area contributed by atoms with Crippen molar-refractivity contribution in [1.82, 2.24) is 10.2 Å². The van der Waals surface area contributed by atoms with Crippen molar-refractivity contribution in [3.63, 3.8) is 0 Å². The molecule has 2 amide bonds. The molecule has 0 saturated carbocycles. The first-order valence-electron chi connectivity index (χ1n) is 8.43. The number of carbonyl (C=O) groups excluding carboxylic acids is 2. The maximum atomic E-state index is 12.7. The second kappa shape index (κ2) is 9.52. The van der Waals surface area contributed by atoms with Gasteiger partial charge in [-0.1, -0.05) is 13.0 Å². The van der Waals surface area contributed by atoms with Crippen LogP contribution in [0.1, 0.15) is 48.5 Å². The Bertz CT molecular complexity index is 577. The summed E-state index contributed by atoms with van der Waals surface area (Å²) in [5, 5.41) is 2.98. The number of carbonyl (C=O) groups is 2. The Kier molecular flexibility index (Phi) is 8.05. The van der Waals surface area contributed by atoms with E-state index in [1.165, 1.54) is 0 Å². The van der Waals surface area contributed by atoms with Crippen LogP contribution in [0.15, 0.2) is 18.2 Å². The Labute approximate surface area is 150 Å². The molecule has 2 rings (SSSR count). The molecule has 0 bridgehead atoms. The summed E-state index contributed by atoms with van der Waals surface area (Å²) in [4.78, 5) is 26.2. The van der Waals surface area contributed by atoms with Crippen LogP contribution in [0.4, 0.5) is 5.69 Å². The molecule has 1 fully saturated rings. The van der Waals surface area contributed by atoms with E-state index in [1.54, 1.807) is 6.07 Å². The summed E-state index contributed by atoms with van der Waals surface area (Å²) < 4.78 is 0. The maximum absolute atomic E-state index is 12.7. The van der Waals surface area contributed by atoms with Crippen molar-refractivity contribution in [1.29, 1.82) is 0 Å². The number of nitrogens with one attached hydrogen (secondary N) is 1. The van der Waals surface area contributed by atoms with E-state index < -0.39 is 0 Å². The number of halogens is 1. The van der Waals surface area contributed by atoms with Crippen molar-refractivity contribution in [3.05, 3.63) is 29.3 Å². The van der Waals surface area contributed by atoms with E-state index in [0.717, 1.165) is 31.4 Å². The fourth-order valence-electron chi connectivity index (χ4n) is 3.03. The first-order chi connectivity index (χ1) is 11.0. The first-order valence-corrected chi connectivity index (χ1v) is 8.43. The van der Waals surface area contributed by atoms with Gasteiger partial charge in [0.05, 0.1) is 0 Å². The summed E-state index contributed by atoms with van der Waals surface area (Å²) in [7, 11) is 0. The minimum Gasteiger partial charge on any atom is -0.399 e. The number of hydrogen-bond donors (Lipinski definition) is 2. The van der Waals surface area contributed by atoms with Crippen LogP contribution in [0.3, 0.4) is 0 Å². The van der Waals surface area contributed by atoms with Gasteiger partial charge in [-0.05, 0) is 49.8 Å². The van der Waals surface area contributed by atoms with E-state index in [2.05, 4.69) is 5.32 Å². The van der Waals surface area contributed by atoms with Gasteiger partial charge in [0.1, 0.15) is 0 Å². The van der Waals surface area contributed by atoms with Crippen LogP contribution in [-0.4, -0.2) is 36.3 Å². The molecule has 5 nitrogen and oxygen atoms in total. The Morgan fingerprint density at radius 2 is 2.12 bits per heavy atom. The summed E-state index contributed by atoms with van der Waals surface area (Å²) in [5.74, 6) is 0.469. The predicted molar refractivity (Wildman–Crippen MR) is 99.4 cm³/mol. The van der Waals surface area contributed by atoms with Crippen molar-refractivity contribution >= 4 is 29.9 Å². The van der Waals surface area contributed by atoms with Gasteiger partial charge in [-0.25, -0.2) is 0 Å². The lowest BCUT2D eigenvalue weighted by atomic mass is 9.96. The number of anilines is 1. The fraction of sp³-hybridized carbons (Fsp3) is 0.556. The zero-order valence-electron chi connectivity index (χ0n) is 14.5. The number of nitrogens with zero attached hydrogens (tertiary/aromatic N) is 1. The molecule has 0 spiro atoms. The Balaban J connectivity index is 0.00000288. The number of aryl methyl sites for hydroxylation is 1.